The number of carbonyl (C=O) groups excluding carboxylic acids is 2. The van der Waals surface area contributed by atoms with Crippen LogP contribution in [0.15, 0.2) is 48.5 Å². The first-order chi connectivity index (χ1) is 12.5. The van der Waals surface area contributed by atoms with E-state index in [2.05, 4.69) is 10.6 Å². The number of ether oxygens (including phenoxy) is 1. The Bertz CT molecular complexity index is 741. The SMILES string of the molecule is CCCNC(=O)c1ccc(NC(=O)C(CC)Oc2cccc(C)c2)cc1. The number of aryl methyl sites for hydroxylation is 1. The summed E-state index contributed by atoms with van der Waals surface area (Å²) in [6.45, 7) is 6.53. The molecule has 0 aromatic heterocycles. The standard InChI is InChI=1S/C21H26N2O3/c1-4-13-22-20(24)16-9-11-17(12-10-16)23-21(25)19(5-2)26-18-8-6-7-15(3)14-18/h6-12,14,19H,4-5,13H2,1-3H3,(H,22,24)(H,23,25). The van der Waals surface area contributed by atoms with E-state index in [0.717, 1.165) is 12.0 Å². The number of anilines is 1. The van der Waals surface area contributed by atoms with Gasteiger partial charge in [0.2, 0.25) is 0 Å². The molecule has 26 heavy (non-hydrogen) atoms. The Kier molecular flexibility index (Phi) is 7.21. The Balaban J connectivity index is 1.97. The van der Waals surface area contributed by atoms with Crippen LogP contribution in [0.25, 0.3) is 0 Å². The highest BCUT2D eigenvalue weighted by Crippen LogP contribution is 2.17. The first kappa shape index (κ1) is 19.5. The molecule has 0 aliphatic rings. The Morgan fingerprint density at radius 2 is 1.81 bits per heavy atom. The lowest BCUT2D eigenvalue weighted by molar-refractivity contribution is -0.122. The van der Waals surface area contributed by atoms with Crippen molar-refractivity contribution in [2.75, 3.05) is 11.9 Å². The van der Waals surface area contributed by atoms with Gasteiger partial charge in [0.25, 0.3) is 11.8 Å². The second-order valence-corrected chi connectivity index (χ2v) is 6.15. The second kappa shape index (κ2) is 9.61. The van der Waals surface area contributed by atoms with E-state index in [1.165, 1.54) is 0 Å². The fourth-order valence-electron chi connectivity index (χ4n) is 2.44. The van der Waals surface area contributed by atoms with E-state index in [-0.39, 0.29) is 11.8 Å². The molecule has 0 heterocycles. The highest BCUT2D eigenvalue weighted by atomic mass is 16.5. The molecule has 2 N–H and O–H groups in total. The largest absolute Gasteiger partial charge is 0.481 e. The monoisotopic (exact) mass is 354 g/mol. The number of hydrogen-bond acceptors (Lipinski definition) is 3. The summed E-state index contributed by atoms with van der Waals surface area (Å²) in [4.78, 5) is 24.4. The summed E-state index contributed by atoms with van der Waals surface area (Å²) in [6, 6.07) is 14.5. The van der Waals surface area contributed by atoms with Crippen LogP contribution in [0.2, 0.25) is 0 Å². The summed E-state index contributed by atoms with van der Waals surface area (Å²) in [5.41, 5.74) is 2.28. The predicted octanol–water partition coefficient (Wildman–Crippen LogP) is 3.93. The number of benzene rings is 2. The first-order valence-corrected chi connectivity index (χ1v) is 8.96. The molecule has 5 heteroatoms. The van der Waals surface area contributed by atoms with E-state index in [9.17, 15) is 9.59 Å². The summed E-state index contributed by atoms with van der Waals surface area (Å²) in [5, 5.41) is 5.66. The number of carbonyl (C=O) groups is 2. The molecule has 2 rings (SSSR count). The highest BCUT2D eigenvalue weighted by Gasteiger charge is 2.18. The maximum atomic E-state index is 12.5. The van der Waals surface area contributed by atoms with E-state index in [1.54, 1.807) is 24.3 Å². The fraction of sp³-hybridized carbons (Fsp3) is 0.333. The van der Waals surface area contributed by atoms with Gasteiger partial charge in [-0.3, -0.25) is 9.59 Å². The number of amides is 2. The first-order valence-electron chi connectivity index (χ1n) is 8.96. The lowest BCUT2D eigenvalue weighted by atomic mass is 10.1. The topological polar surface area (TPSA) is 67.4 Å². The molecule has 2 aromatic carbocycles. The molecule has 138 valence electrons. The van der Waals surface area contributed by atoms with Crippen LogP contribution in [0.5, 0.6) is 5.75 Å². The molecule has 5 nitrogen and oxygen atoms in total. The van der Waals surface area contributed by atoms with Gasteiger partial charge < -0.3 is 15.4 Å². The maximum absolute atomic E-state index is 12.5. The summed E-state index contributed by atoms with van der Waals surface area (Å²) >= 11 is 0. The van der Waals surface area contributed by atoms with Crippen molar-refractivity contribution in [3.05, 3.63) is 59.7 Å². The smallest absolute Gasteiger partial charge is 0.265 e. The second-order valence-electron chi connectivity index (χ2n) is 6.15. The summed E-state index contributed by atoms with van der Waals surface area (Å²) in [5.74, 6) is 0.353. The molecule has 1 unspecified atom stereocenters. The van der Waals surface area contributed by atoms with Crippen LogP contribution < -0.4 is 15.4 Å². The van der Waals surface area contributed by atoms with Gasteiger partial charge in [-0.05, 0) is 61.7 Å². The Morgan fingerprint density at radius 1 is 1.08 bits per heavy atom. The molecule has 0 aliphatic heterocycles. The van der Waals surface area contributed by atoms with Gasteiger partial charge in [-0.15, -0.1) is 0 Å². The van der Waals surface area contributed by atoms with Crippen molar-refractivity contribution in [3.8, 4) is 5.75 Å². The molecule has 0 radical (unpaired) electrons. The summed E-state index contributed by atoms with van der Waals surface area (Å²) in [7, 11) is 0. The van der Waals surface area contributed by atoms with Gasteiger partial charge in [-0.25, -0.2) is 0 Å². The molecule has 2 aromatic rings. The minimum Gasteiger partial charge on any atom is -0.481 e. The zero-order chi connectivity index (χ0) is 18.9. The van der Waals surface area contributed by atoms with Crippen LogP contribution >= 0.6 is 0 Å². The molecule has 0 bridgehead atoms. The van der Waals surface area contributed by atoms with Gasteiger partial charge in [0.1, 0.15) is 5.75 Å². The molecule has 2 amide bonds. The molecule has 0 aliphatic carbocycles. The quantitative estimate of drug-likeness (QED) is 0.755. The predicted molar refractivity (Wildman–Crippen MR) is 104 cm³/mol. The zero-order valence-corrected chi connectivity index (χ0v) is 15.5. The lowest BCUT2D eigenvalue weighted by Crippen LogP contribution is -2.32. The van der Waals surface area contributed by atoms with Crippen molar-refractivity contribution in [3.63, 3.8) is 0 Å². The third kappa shape index (κ3) is 5.62. The van der Waals surface area contributed by atoms with E-state index < -0.39 is 6.10 Å². The molecular formula is C21H26N2O3. The summed E-state index contributed by atoms with van der Waals surface area (Å²) in [6.07, 6.45) is 0.862. The van der Waals surface area contributed by atoms with Crippen LogP contribution in [0.1, 0.15) is 42.6 Å². The summed E-state index contributed by atoms with van der Waals surface area (Å²) < 4.78 is 5.81. The van der Waals surface area contributed by atoms with Crippen molar-refractivity contribution < 1.29 is 14.3 Å². The van der Waals surface area contributed by atoms with Crippen molar-refractivity contribution in [1.82, 2.24) is 5.32 Å². The van der Waals surface area contributed by atoms with E-state index in [0.29, 0.717) is 30.0 Å². The van der Waals surface area contributed by atoms with E-state index in [4.69, 9.17) is 4.74 Å². The molecule has 0 saturated carbocycles. The average Bonchev–Trinajstić information content (AvgIpc) is 2.64. The lowest BCUT2D eigenvalue weighted by Gasteiger charge is -2.17. The number of hydrogen-bond donors (Lipinski definition) is 2. The van der Waals surface area contributed by atoms with E-state index in [1.807, 2.05) is 45.0 Å². The Morgan fingerprint density at radius 3 is 2.42 bits per heavy atom. The average molecular weight is 354 g/mol. The van der Waals surface area contributed by atoms with E-state index >= 15 is 0 Å². The molecule has 0 spiro atoms. The minimum absolute atomic E-state index is 0.112. The zero-order valence-electron chi connectivity index (χ0n) is 15.5. The third-order valence-electron chi connectivity index (χ3n) is 3.88. The van der Waals surface area contributed by atoms with Crippen LogP contribution in [-0.2, 0) is 4.79 Å². The van der Waals surface area contributed by atoms with Gasteiger partial charge in [0.05, 0.1) is 0 Å². The Labute approximate surface area is 154 Å². The molecule has 0 saturated heterocycles. The molecule has 1 atom stereocenters. The van der Waals surface area contributed by atoms with Gasteiger partial charge in [0, 0.05) is 17.8 Å². The number of rotatable bonds is 8. The van der Waals surface area contributed by atoms with Crippen molar-refractivity contribution in [1.29, 1.82) is 0 Å². The van der Waals surface area contributed by atoms with Crippen molar-refractivity contribution in [2.45, 2.75) is 39.7 Å². The highest BCUT2D eigenvalue weighted by molar-refractivity contribution is 5.96. The van der Waals surface area contributed by atoms with Crippen molar-refractivity contribution in [2.24, 2.45) is 0 Å². The fourth-order valence-corrected chi connectivity index (χ4v) is 2.44. The van der Waals surface area contributed by atoms with Crippen molar-refractivity contribution >= 4 is 17.5 Å². The maximum Gasteiger partial charge on any atom is 0.265 e. The normalized spacial score (nSPS) is 11.5. The Hall–Kier alpha value is -2.82. The van der Waals surface area contributed by atoms with Crippen LogP contribution in [0.3, 0.4) is 0 Å². The van der Waals surface area contributed by atoms with Crippen LogP contribution in [0.4, 0.5) is 5.69 Å². The molecule has 0 fully saturated rings. The van der Waals surface area contributed by atoms with Gasteiger partial charge >= 0.3 is 0 Å². The van der Waals surface area contributed by atoms with Gasteiger partial charge in [-0.2, -0.15) is 0 Å². The third-order valence-corrected chi connectivity index (χ3v) is 3.88. The molecular weight excluding hydrogens is 328 g/mol. The number of nitrogens with one attached hydrogen (secondary N) is 2. The minimum atomic E-state index is -0.579. The van der Waals surface area contributed by atoms with Crippen LogP contribution in [0, 0.1) is 6.92 Å². The van der Waals surface area contributed by atoms with Crippen LogP contribution in [-0.4, -0.2) is 24.5 Å². The van der Waals surface area contributed by atoms with Gasteiger partial charge in [0.15, 0.2) is 6.10 Å². The van der Waals surface area contributed by atoms with Gasteiger partial charge in [-0.1, -0.05) is 26.0 Å².